The van der Waals surface area contributed by atoms with Crippen LogP contribution in [-0.4, -0.2) is 39.8 Å². The van der Waals surface area contributed by atoms with Gasteiger partial charge in [0.25, 0.3) is 16.6 Å². The van der Waals surface area contributed by atoms with Crippen LogP contribution in [0.5, 0.6) is 11.5 Å². The van der Waals surface area contributed by atoms with Gasteiger partial charge in [-0.1, -0.05) is 83.1 Å². The molecule has 2 aliphatic carbocycles. The smallest absolute Gasteiger partial charge is 0.258 e. The number of carbonyl (C=O) groups is 4. The van der Waals surface area contributed by atoms with E-state index in [-0.39, 0.29) is 56.4 Å². The van der Waals surface area contributed by atoms with Crippen LogP contribution in [-0.2, 0) is 0 Å². The van der Waals surface area contributed by atoms with Crippen molar-refractivity contribution in [1.82, 2.24) is 0 Å². The minimum Gasteiger partial charge on any atom is -0.542 e. The van der Waals surface area contributed by atoms with Crippen molar-refractivity contribution in [2.24, 2.45) is 0 Å². The molecule has 0 fully saturated rings. The first kappa shape index (κ1) is 38.7. The van der Waals surface area contributed by atoms with E-state index in [1.165, 1.54) is 24.3 Å². The molecular formula is C46H52O7Si2. The third kappa shape index (κ3) is 5.63. The number of allylic oxidation sites excluding steroid dienone is 4. The Morgan fingerprint density at radius 3 is 1.36 bits per heavy atom. The first-order valence-electron chi connectivity index (χ1n) is 19.7. The van der Waals surface area contributed by atoms with Crippen LogP contribution in [0.1, 0.15) is 125 Å². The van der Waals surface area contributed by atoms with Crippen LogP contribution in [0.2, 0.25) is 33.2 Å². The molecule has 9 heteroatoms. The molecule has 0 unspecified atom stereocenters. The van der Waals surface area contributed by atoms with E-state index in [9.17, 15) is 19.2 Å². The lowest BCUT2D eigenvalue weighted by Crippen LogP contribution is -2.50. The Morgan fingerprint density at radius 2 is 0.873 bits per heavy atom. The molecule has 55 heavy (non-hydrogen) atoms. The molecule has 1 aromatic heterocycles. The maximum atomic E-state index is 13.9. The lowest BCUT2D eigenvalue weighted by molar-refractivity contribution is 0.0995. The number of furan rings is 1. The van der Waals surface area contributed by atoms with Gasteiger partial charge in [0.1, 0.15) is 22.7 Å². The van der Waals surface area contributed by atoms with Crippen LogP contribution in [0.4, 0.5) is 0 Å². The standard InChI is InChI=1S/C46H52O7Si2/c1-23(2)54(24(3)4,25(5)6)52-41-22-33-36(48)15-17-38(50)44(33)46-29(41)13-18-39-45(46)34-19-30-31(20-40(34)51-39)43-32(35(47)14-16-37(43)49)21-42(30)53-55(26(7)8,27(9)10)28(11)12/h13-28H,1-12H3. The predicted molar refractivity (Wildman–Crippen MR) is 228 cm³/mol. The summed E-state index contributed by atoms with van der Waals surface area (Å²) >= 11 is 0. The number of rotatable bonds is 10. The first-order valence-corrected chi connectivity index (χ1v) is 24.0. The van der Waals surface area contributed by atoms with Gasteiger partial charge in [-0.2, -0.15) is 0 Å². The molecule has 0 radical (unpaired) electrons. The van der Waals surface area contributed by atoms with E-state index in [1.54, 1.807) is 12.1 Å². The molecule has 0 aliphatic heterocycles. The minimum atomic E-state index is -2.55. The Labute approximate surface area is 325 Å². The lowest BCUT2D eigenvalue weighted by atomic mass is 9.86. The molecule has 286 valence electrons. The van der Waals surface area contributed by atoms with Crippen molar-refractivity contribution < 1.29 is 32.4 Å². The summed E-state index contributed by atoms with van der Waals surface area (Å²) in [5.74, 6) is 0.142. The zero-order chi connectivity index (χ0) is 40.0. The molecule has 0 saturated carbocycles. The van der Waals surface area contributed by atoms with Gasteiger partial charge in [0.2, 0.25) is 0 Å². The molecule has 0 atom stereocenters. The quantitative estimate of drug-likeness (QED) is 0.130. The summed E-state index contributed by atoms with van der Waals surface area (Å²) < 4.78 is 21.2. The molecule has 1 heterocycles. The fourth-order valence-electron chi connectivity index (χ4n) is 10.4. The Kier molecular flexibility index (Phi) is 9.52. The van der Waals surface area contributed by atoms with Crippen LogP contribution in [0, 0.1) is 0 Å². The van der Waals surface area contributed by atoms with Crippen LogP contribution in [0.3, 0.4) is 0 Å². The van der Waals surface area contributed by atoms with Gasteiger partial charge in [-0.05, 0) is 93.9 Å². The molecule has 5 aromatic rings. The van der Waals surface area contributed by atoms with E-state index in [1.807, 2.05) is 24.3 Å². The van der Waals surface area contributed by atoms with Crippen LogP contribution < -0.4 is 8.85 Å². The largest absolute Gasteiger partial charge is 0.542 e. The highest BCUT2D eigenvalue weighted by molar-refractivity contribution is 6.79. The van der Waals surface area contributed by atoms with Gasteiger partial charge in [0.15, 0.2) is 23.1 Å². The lowest BCUT2D eigenvalue weighted by Gasteiger charge is -2.42. The molecule has 0 bridgehead atoms. The van der Waals surface area contributed by atoms with Crippen molar-refractivity contribution in [2.45, 2.75) is 116 Å². The SMILES string of the molecule is CC(C)[Si](Oc1cc2c(c3cc4oc5ccc6c(O[Si](C(C)C)(C(C)C)C(C)C)cc7c(c6c5c4cc13)C(=O)C=CC7=O)C(=O)C=CC2=O)(C(C)C)C(C)C. The molecule has 0 amide bonds. The predicted octanol–water partition coefficient (Wildman–Crippen LogP) is 12.9. The van der Waals surface area contributed by atoms with Crippen molar-refractivity contribution in [3.8, 4) is 11.5 Å². The molecule has 7 rings (SSSR count). The highest BCUT2D eigenvalue weighted by Crippen LogP contribution is 2.50. The van der Waals surface area contributed by atoms with Gasteiger partial charge < -0.3 is 13.3 Å². The summed E-state index contributed by atoms with van der Waals surface area (Å²) in [4.78, 5) is 54.6. The van der Waals surface area contributed by atoms with Gasteiger partial charge in [0, 0.05) is 54.6 Å². The molecule has 7 nitrogen and oxygen atoms in total. The molecule has 2 aliphatic rings. The second kappa shape index (κ2) is 13.6. The molecule has 0 saturated heterocycles. The monoisotopic (exact) mass is 772 g/mol. The van der Waals surface area contributed by atoms with Crippen molar-refractivity contribution in [3.63, 3.8) is 0 Å². The summed E-state index contributed by atoms with van der Waals surface area (Å²) in [5, 5.41) is 4.01. The Hall–Kier alpha value is -4.61. The maximum absolute atomic E-state index is 13.9. The van der Waals surface area contributed by atoms with Crippen molar-refractivity contribution in [3.05, 3.63) is 83.0 Å². The topological polar surface area (TPSA) is 99.9 Å². The molecular weight excluding hydrogens is 721 g/mol. The van der Waals surface area contributed by atoms with E-state index < -0.39 is 16.6 Å². The van der Waals surface area contributed by atoms with Crippen molar-refractivity contribution in [2.75, 3.05) is 0 Å². The van der Waals surface area contributed by atoms with E-state index >= 15 is 0 Å². The number of carbonyl (C=O) groups excluding carboxylic acids is 4. The molecule has 0 spiro atoms. The normalized spacial score (nSPS) is 15.2. The highest BCUT2D eigenvalue weighted by atomic mass is 28.4. The zero-order valence-electron chi connectivity index (χ0n) is 34.1. The average Bonchev–Trinajstić information content (AvgIpc) is 3.48. The number of hydrogen-bond donors (Lipinski definition) is 0. The van der Waals surface area contributed by atoms with Gasteiger partial charge in [-0.15, -0.1) is 0 Å². The summed E-state index contributed by atoms with van der Waals surface area (Å²) in [7, 11) is -5.06. The maximum Gasteiger partial charge on any atom is 0.258 e. The molecule has 0 N–H and O–H groups in total. The Balaban J connectivity index is 1.64. The second-order valence-corrected chi connectivity index (χ2v) is 28.2. The third-order valence-electron chi connectivity index (χ3n) is 12.7. The first-order chi connectivity index (χ1) is 25.9. The third-order valence-corrected chi connectivity index (χ3v) is 24.7. The number of ketones is 4. The van der Waals surface area contributed by atoms with Gasteiger partial charge >= 0.3 is 0 Å². The average molecular weight is 773 g/mol. The number of hydrogen-bond acceptors (Lipinski definition) is 7. The fraction of sp³-hybridized carbons (Fsp3) is 0.391. The summed E-state index contributed by atoms with van der Waals surface area (Å²) in [6.07, 6.45) is 5.34. The van der Waals surface area contributed by atoms with Crippen LogP contribution in [0.25, 0.3) is 43.5 Å². The van der Waals surface area contributed by atoms with E-state index in [0.29, 0.717) is 71.8 Å². The van der Waals surface area contributed by atoms with Crippen LogP contribution >= 0.6 is 0 Å². The zero-order valence-corrected chi connectivity index (χ0v) is 36.1. The van der Waals surface area contributed by atoms with E-state index in [4.69, 9.17) is 13.3 Å². The van der Waals surface area contributed by atoms with E-state index in [0.717, 1.165) is 5.39 Å². The van der Waals surface area contributed by atoms with Gasteiger partial charge in [0.05, 0.1) is 0 Å². The van der Waals surface area contributed by atoms with Gasteiger partial charge in [-0.25, -0.2) is 0 Å². The number of benzene rings is 4. The van der Waals surface area contributed by atoms with Gasteiger partial charge in [-0.3, -0.25) is 19.2 Å². The van der Waals surface area contributed by atoms with Crippen molar-refractivity contribution >= 4 is 83.3 Å². The van der Waals surface area contributed by atoms with Crippen LogP contribution in [0.15, 0.2) is 65.1 Å². The Morgan fingerprint density at radius 1 is 0.436 bits per heavy atom. The summed E-state index contributed by atoms with van der Waals surface area (Å²) in [5.41, 5.74) is 3.85. The second-order valence-electron chi connectivity index (χ2n) is 17.4. The molecule has 4 aromatic carbocycles. The summed E-state index contributed by atoms with van der Waals surface area (Å²) in [6.45, 7) is 26.6. The Bertz CT molecular complexity index is 2500. The fourth-order valence-corrected chi connectivity index (χ4v) is 21.0. The summed E-state index contributed by atoms with van der Waals surface area (Å²) in [6, 6.07) is 11.2. The minimum absolute atomic E-state index is 0.248. The highest BCUT2D eigenvalue weighted by Gasteiger charge is 2.49. The number of fused-ring (bicyclic) bond motifs is 10. The van der Waals surface area contributed by atoms with E-state index in [2.05, 4.69) is 83.1 Å². The van der Waals surface area contributed by atoms with Crippen molar-refractivity contribution in [1.29, 1.82) is 0 Å².